The summed E-state index contributed by atoms with van der Waals surface area (Å²) < 4.78 is 1.25. The second-order valence-corrected chi connectivity index (χ2v) is 6.62. The van der Waals surface area contributed by atoms with Gasteiger partial charge in [0.25, 0.3) is 0 Å². The first kappa shape index (κ1) is 12.9. The third-order valence-electron chi connectivity index (χ3n) is 4.26. The molecule has 0 amide bonds. The van der Waals surface area contributed by atoms with Crippen LogP contribution in [0.15, 0.2) is 42.7 Å². The number of fused-ring (bicyclic) bond motifs is 1. The van der Waals surface area contributed by atoms with Crippen LogP contribution in [0.1, 0.15) is 24.4 Å². The Balaban J connectivity index is 1.84. The summed E-state index contributed by atoms with van der Waals surface area (Å²) in [5.74, 6) is 0. The van der Waals surface area contributed by atoms with E-state index in [2.05, 4.69) is 41.2 Å². The molecule has 3 heterocycles. The number of likely N-dealkylation sites (tertiary alicyclic amines) is 1. The summed E-state index contributed by atoms with van der Waals surface area (Å²) in [6.45, 7) is 1.17. The summed E-state index contributed by atoms with van der Waals surface area (Å²) in [5, 5.41) is 1.11. The van der Waals surface area contributed by atoms with Crippen LogP contribution in [0.25, 0.3) is 20.8 Å². The molecular weight excluding hydrogens is 278 g/mol. The molecule has 0 spiro atoms. The maximum atomic E-state index is 4.81. The Morgan fingerprint density at radius 3 is 2.95 bits per heavy atom. The van der Waals surface area contributed by atoms with E-state index < -0.39 is 0 Å². The van der Waals surface area contributed by atoms with Crippen molar-refractivity contribution in [3.63, 3.8) is 0 Å². The van der Waals surface area contributed by atoms with Crippen molar-refractivity contribution in [1.82, 2.24) is 14.9 Å². The van der Waals surface area contributed by atoms with Gasteiger partial charge < -0.3 is 0 Å². The van der Waals surface area contributed by atoms with Crippen molar-refractivity contribution in [2.24, 2.45) is 0 Å². The largest absolute Gasteiger partial charge is 0.299 e. The molecule has 0 aliphatic carbocycles. The zero-order chi connectivity index (χ0) is 14.2. The Labute approximate surface area is 128 Å². The molecule has 4 rings (SSSR count). The first-order chi connectivity index (χ1) is 10.3. The second kappa shape index (κ2) is 5.20. The van der Waals surface area contributed by atoms with Gasteiger partial charge in [0.05, 0.1) is 10.2 Å². The van der Waals surface area contributed by atoms with Crippen LogP contribution in [0, 0.1) is 0 Å². The van der Waals surface area contributed by atoms with Gasteiger partial charge in [0.15, 0.2) is 0 Å². The topological polar surface area (TPSA) is 29.0 Å². The van der Waals surface area contributed by atoms with Crippen molar-refractivity contribution in [3.05, 3.63) is 48.3 Å². The molecule has 0 N–H and O–H groups in total. The van der Waals surface area contributed by atoms with Crippen LogP contribution < -0.4 is 0 Å². The minimum absolute atomic E-state index is 0.473. The smallest absolute Gasteiger partial charge is 0.125 e. The van der Waals surface area contributed by atoms with Gasteiger partial charge in [-0.05, 0) is 50.2 Å². The normalized spacial score (nSPS) is 19.4. The summed E-state index contributed by atoms with van der Waals surface area (Å²) in [7, 11) is 2.20. The van der Waals surface area contributed by atoms with Gasteiger partial charge in [0.1, 0.15) is 5.01 Å². The van der Waals surface area contributed by atoms with Gasteiger partial charge in [-0.25, -0.2) is 4.98 Å². The van der Waals surface area contributed by atoms with Crippen molar-refractivity contribution in [1.29, 1.82) is 0 Å². The van der Waals surface area contributed by atoms with Crippen LogP contribution >= 0.6 is 11.3 Å². The van der Waals surface area contributed by atoms with Crippen molar-refractivity contribution < 1.29 is 0 Å². The average molecular weight is 295 g/mol. The van der Waals surface area contributed by atoms with Crippen molar-refractivity contribution in [2.45, 2.75) is 18.9 Å². The van der Waals surface area contributed by atoms with E-state index in [9.17, 15) is 0 Å². The number of rotatable bonds is 2. The quantitative estimate of drug-likeness (QED) is 0.712. The van der Waals surface area contributed by atoms with Gasteiger partial charge in [0, 0.05) is 24.0 Å². The molecule has 1 aliphatic rings. The van der Waals surface area contributed by atoms with Gasteiger partial charge in [-0.3, -0.25) is 9.88 Å². The Morgan fingerprint density at radius 2 is 2.14 bits per heavy atom. The third kappa shape index (κ3) is 2.24. The molecule has 3 nitrogen and oxygen atoms in total. The molecule has 4 heteroatoms. The van der Waals surface area contributed by atoms with Gasteiger partial charge in [-0.15, -0.1) is 11.3 Å². The fourth-order valence-electron chi connectivity index (χ4n) is 3.16. The minimum atomic E-state index is 0.473. The minimum Gasteiger partial charge on any atom is -0.299 e. The van der Waals surface area contributed by atoms with Gasteiger partial charge in [-0.1, -0.05) is 12.1 Å². The van der Waals surface area contributed by atoms with Crippen LogP contribution in [0.2, 0.25) is 0 Å². The van der Waals surface area contributed by atoms with Crippen molar-refractivity contribution in [3.8, 4) is 10.6 Å². The molecule has 0 saturated carbocycles. The molecule has 2 aromatic heterocycles. The number of aromatic nitrogens is 2. The van der Waals surface area contributed by atoms with Crippen LogP contribution in [0.5, 0.6) is 0 Å². The fraction of sp³-hybridized carbons (Fsp3) is 0.294. The van der Waals surface area contributed by atoms with Crippen LogP contribution in [-0.2, 0) is 0 Å². The number of hydrogen-bond donors (Lipinski definition) is 0. The highest BCUT2D eigenvalue weighted by Gasteiger charge is 2.26. The van der Waals surface area contributed by atoms with E-state index >= 15 is 0 Å². The van der Waals surface area contributed by atoms with Crippen molar-refractivity contribution >= 4 is 21.6 Å². The highest BCUT2D eigenvalue weighted by Crippen LogP contribution is 2.38. The summed E-state index contributed by atoms with van der Waals surface area (Å²) in [4.78, 5) is 11.6. The summed E-state index contributed by atoms with van der Waals surface area (Å²) in [5.41, 5.74) is 3.64. The predicted molar refractivity (Wildman–Crippen MR) is 87.5 cm³/mol. The number of hydrogen-bond acceptors (Lipinski definition) is 4. The molecule has 21 heavy (non-hydrogen) atoms. The lowest BCUT2D eigenvalue weighted by molar-refractivity contribution is 0.317. The maximum Gasteiger partial charge on any atom is 0.125 e. The Bertz CT molecular complexity index is 747. The molecule has 0 unspecified atom stereocenters. The molecule has 0 bridgehead atoms. The van der Waals surface area contributed by atoms with E-state index in [1.807, 2.05) is 18.5 Å². The highest BCUT2D eigenvalue weighted by atomic mass is 32.1. The lowest BCUT2D eigenvalue weighted by atomic mass is 10.0. The van der Waals surface area contributed by atoms with E-state index in [1.54, 1.807) is 11.3 Å². The number of para-hydroxylation sites is 1. The lowest BCUT2D eigenvalue weighted by Crippen LogP contribution is -2.18. The number of nitrogens with zero attached hydrogens (tertiary/aromatic N) is 3. The van der Waals surface area contributed by atoms with E-state index in [1.165, 1.54) is 35.2 Å². The fourth-order valence-corrected chi connectivity index (χ4v) is 4.17. The number of pyridine rings is 1. The van der Waals surface area contributed by atoms with Crippen LogP contribution in [0.3, 0.4) is 0 Å². The van der Waals surface area contributed by atoms with Gasteiger partial charge in [0.2, 0.25) is 0 Å². The summed E-state index contributed by atoms with van der Waals surface area (Å²) in [6, 6.07) is 10.9. The first-order valence-electron chi connectivity index (χ1n) is 7.33. The molecule has 1 aliphatic heterocycles. The molecule has 1 aromatic carbocycles. The van der Waals surface area contributed by atoms with Crippen molar-refractivity contribution in [2.75, 3.05) is 13.6 Å². The van der Waals surface area contributed by atoms with Crippen LogP contribution in [-0.4, -0.2) is 28.5 Å². The molecule has 0 radical (unpaired) electrons. The van der Waals surface area contributed by atoms with Gasteiger partial charge >= 0.3 is 0 Å². The number of benzene rings is 1. The van der Waals surface area contributed by atoms with E-state index in [0.717, 1.165) is 10.5 Å². The zero-order valence-corrected chi connectivity index (χ0v) is 12.8. The maximum absolute atomic E-state index is 4.81. The molecule has 1 fully saturated rings. The molecule has 106 valence electrons. The SMILES string of the molecule is CN1CCC[C@H]1c1cnccc1-c1nc2ccccc2s1. The Morgan fingerprint density at radius 1 is 1.24 bits per heavy atom. The van der Waals surface area contributed by atoms with Crippen LogP contribution in [0.4, 0.5) is 0 Å². The summed E-state index contributed by atoms with van der Waals surface area (Å²) in [6.07, 6.45) is 6.36. The first-order valence-corrected chi connectivity index (χ1v) is 8.14. The third-order valence-corrected chi connectivity index (χ3v) is 5.33. The van der Waals surface area contributed by atoms with E-state index in [4.69, 9.17) is 4.98 Å². The molecule has 3 aromatic rings. The zero-order valence-electron chi connectivity index (χ0n) is 12.0. The summed E-state index contributed by atoms with van der Waals surface area (Å²) >= 11 is 1.77. The van der Waals surface area contributed by atoms with E-state index in [0.29, 0.717) is 6.04 Å². The van der Waals surface area contributed by atoms with Gasteiger partial charge in [-0.2, -0.15) is 0 Å². The second-order valence-electron chi connectivity index (χ2n) is 5.59. The average Bonchev–Trinajstić information content (AvgIpc) is 3.13. The Hall–Kier alpha value is -1.78. The monoisotopic (exact) mass is 295 g/mol. The molecule has 1 atom stereocenters. The van der Waals surface area contributed by atoms with E-state index in [-0.39, 0.29) is 0 Å². The molecule has 1 saturated heterocycles. The standard InChI is InChI=1S/C17H17N3S/c1-20-10-4-6-15(20)13-11-18-9-8-12(13)17-19-14-5-2-3-7-16(14)21-17/h2-3,5,7-9,11,15H,4,6,10H2,1H3/t15-/m0/s1. The highest BCUT2D eigenvalue weighted by molar-refractivity contribution is 7.21. The predicted octanol–water partition coefficient (Wildman–Crippen LogP) is 4.13. The lowest BCUT2D eigenvalue weighted by Gasteiger charge is -2.21. The number of thiazole rings is 1. The Kier molecular flexibility index (Phi) is 3.20. The molecular formula is C17H17N3S.